The summed E-state index contributed by atoms with van der Waals surface area (Å²) in [5.74, 6) is 0. The highest BCUT2D eigenvalue weighted by Gasteiger charge is 2.36. The summed E-state index contributed by atoms with van der Waals surface area (Å²) >= 11 is 9.55. The van der Waals surface area contributed by atoms with Crippen molar-refractivity contribution in [3.8, 4) is 22.3 Å². The van der Waals surface area contributed by atoms with E-state index in [0.717, 1.165) is 0 Å². The average molecular weight is 508 g/mol. The topological polar surface area (TPSA) is 51.4 Å². The van der Waals surface area contributed by atoms with E-state index in [-0.39, 0.29) is 31.8 Å². The number of fused-ring (bicyclic) bond motifs is 1. The van der Waals surface area contributed by atoms with E-state index < -0.39 is 17.3 Å². The molecule has 0 atom stereocenters. The largest absolute Gasteiger partial charge is 0.418 e. The van der Waals surface area contributed by atoms with Gasteiger partial charge in [0.25, 0.3) is 5.56 Å². The van der Waals surface area contributed by atoms with E-state index in [0.29, 0.717) is 17.4 Å². The minimum Gasteiger partial charge on any atom is -0.298 e. The van der Waals surface area contributed by atoms with Gasteiger partial charge in [0, 0.05) is 28.0 Å². The Morgan fingerprint density at radius 2 is 1.71 bits per heavy atom. The maximum absolute atomic E-state index is 13.7. The average Bonchev–Trinajstić information content (AvgIpc) is 2.73. The van der Waals surface area contributed by atoms with Crippen molar-refractivity contribution >= 4 is 39.5 Å². The van der Waals surface area contributed by atoms with Gasteiger partial charge >= 0.3 is 6.18 Å². The number of pyridine rings is 1. The zero-order valence-electron chi connectivity index (χ0n) is 15.5. The SMILES string of the molecule is O=Cc1cnc2cc(-c3cccc(-c4cccc(Br)c4C(F)(F)F)c3Cl)ccn2c1=O. The number of hydrogen-bond acceptors (Lipinski definition) is 3. The highest BCUT2D eigenvalue weighted by Crippen LogP contribution is 2.45. The van der Waals surface area contributed by atoms with Gasteiger partial charge in [-0.3, -0.25) is 14.0 Å². The Kier molecular flexibility index (Phi) is 5.45. The Balaban J connectivity index is 1.92. The van der Waals surface area contributed by atoms with Crippen LogP contribution in [0.2, 0.25) is 5.02 Å². The number of hydrogen-bond donors (Lipinski definition) is 0. The third kappa shape index (κ3) is 3.77. The van der Waals surface area contributed by atoms with Crippen molar-refractivity contribution in [3.05, 3.63) is 91.9 Å². The number of aldehydes is 1. The second-order valence-electron chi connectivity index (χ2n) is 6.61. The van der Waals surface area contributed by atoms with Crippen molar-refractivity contribution in [1.82, 2.24) is 9.38 Å². The number of nitrogens with zero attached hydrogens (tertiary/aromatic N) is 2. The molecule has 0 spiro atoms. The third-order valence-corrected chi connectivity index (χ3v) is 5.83. The van der Waals surface area contributed by atoms with Crippen molar-refractivity contribution in [2.75, 3.05) is 0 Å². The van der Waals surface area contributed by atoms with Gasteiger partial charge in [-0.2, -0.15) is 13.2 Å². The van der Waals surface area contributed by atoms with E-state index in [9.17, 15) is 22.8 Å². The molecule has 9 heteroatoms. The molecule has 2 aromatic heterocycles. The quantitative estimate of drug-likeness (QED) is 0.307. The van der Waals surface area contributed by atoms with Gasteiger partial charge in [-0.25, -0.2) is 4.98 Å². The van der Waals surface area contributed by atoms with Crippen molar-refractivity contribution in [2.45, 2.75) is 6.18 Å². The molecule has 4 nitrogen and oxygen atoms in total. The van der Waals surface area contributed by atoms with Crippen LogP contribution in [0.1, 0.15) is 15.9 Å². The first-order valence-electron chi connectivity index (χ1n) is 8.84. The molecule has 4 aromatic rings. The lowest BCUT2D eigenvalue weighted by atomic mass is 9.95. The fourth-order valence-corrected chi connectivity index (χ4v) is 4.27. The fourth-order valence-electron chi connectivity index (χ4n) is 3.34. The van der Waals surface area contributed by atoms with Crippen LogP contribution in [-0.2, 0) is 6.18 Å². The van der Waals surface area contributed by atoms with Crippen molar-refractivity contribution < 1.29 is 18.0 Å². The molecule has 2 heterocycles. The second kappa shape index (κ2) is 7.94. The molecule has 31 heavy (non-hydrogen) atoms. The molecule has 0 N–H and O–H groups in total. The molecule has 156 valence electrons. The molecule has 0 fully saturated rings. The van der Waals surface area contributed by atoms with Crippen molar-refractivity contribution in [2.24, 2.45) is 0 Å². The number of rotatable bonds is 3. The Morgan fingerprint density at radius 1 is 1.03 bits per heavy atom. The van der Waals surface area contributed by atoms with E-state index in [1.165, 1.54) is 41.1 Å². The predicted molar refractivity (Wildman–Crippen MR) is 115 cm³/mol. The monoisotopic (exact) mass is 506 g/mol. The molecule has 0 aliphatic heterocycles. The molecule has 0 aliphatic rings. The zero-order chi connectivity index (χ0) is 22.3. The molecule has 0 bridgehead atoms. The van der Waals surface area contributed by atoms with Crippen LogP contribution in [0.3, 0.4) is 0 Å². The first kappa shape index (κ1) is 21.3. The van der Waals surface area contributed by atoms with Crippen LogP contribution in [0.5, 0.6) is 0 Å². The number of carbonyl (C=O) groups is 1. The molecular weight excluding hydrogens is 497 g/mol. The smallest absolute Gasteiger partial charge is 0.298 e. The molecular formula is C22H11BrClF3N2O2. The first-order chi connectivity index (χ1) is 14.7. The van der Waals surface area contributed by atoms with Crippen LogP contribution in [0.15, 0.2) is 70.2 Å². The normalized spacial score (nSPS) is 11.6. The maximum atomic E-state index is 13.7. The van der Waals surface area contributed by atoms with Gasteiger partial charge in [-0.1, -0.05) is 57.9 Å². The standard InChI is InChI=1S/C22H11BrClF3N2O2/c23-17-6-2-4-15(19(17)22(25,26)27)16-5-1-3-14(20(16)24)12-7-8-29-18(9-12)28-10-13(11-30)21(29)31/h1-11H. The first-order valence-corrected chi connectivity index (χ1v) is 10.0. The van der Waals surface area contributed by atoms with E-state index in [2.05, 4.69) is 20.9 Å². The number of alkyl halides is 3. The van der Waals surface area contributed by atoms with Crippen molar-refractivity contribution in [1.29, 1.82) is 0 Å². The van der Waals surface area contributed by atoms with Crippen LogP contribution in [-0.4, -0.2) is 15.7 Å². The lowest BCUT2D eigenvalue weighted by molar-refractivity contribution is -0.137. The fraction of sp³-hybridized carbons (Fsp3) is 0.0455. The van der Waals surface area contributed by atoms with Gasteiger partial charge in [0.15, 0.2) is 6.29 Å². The van der Waals surface area contributed by atoms with Crippen LogP contribution < -0.4 is 5.56 Å². The van der Waals surface area contributed by atoms with Crippen molar-refractivity contribution in [3.63, 3.8) is 0 Å². The molecule has 2 aromatic carbocycles. The minimum atomic E-state index is -4.58. The summed E-state index contributed by atoms with van der Waals surface area (Å²) in [5.41, 5.74) is 0.0450. The van der Waals surface area contributed by atoms with E-state index in [1.807, 2.05) is 0 Å². The number of benzene rings is 2. The summed E-state index contributed by atoms with van der Waals surface area (Å²) in [6, 6.07) is 12.1. The van der Waals surface area contributed by atoms with Gasteiger partial charge < -0.3 is 0 Å². The Bertz CT molecular complexity index is 1400. The van der Waals surface area contributed by atoms with E-state index in [1.54, 1.807) is 24.3 Å². The zero-order valence-corrected chi connectivity index (χ0v) is 17.8. The van der Waals surface area contributed by atoms with Crippen LogP contribution >= 0.6 is 27.5 Å². The summed E-state index contributed by atoms with van der Waals surface area (Å²) in [5, 5.41) is 0.127. The number of carbonyl (C=O) groups excluding carboxylic acids is 1. The van der Waals surface area contributed by atoms with Gasteiger partial charge in [-0.15, -0.1) is 0 Å². The van der Waals surface area contributed by atoms with Gasteiger partial charge in [0.1, 0.15) is 5.65 Å². The molecule has 0 aliphatic carbocycles. The summed E-state index contributed by atoms with van der Waals surface area (Å²) in [7, 11) is 0. The second-order valence-corrected chi connectivity index (χ2v) is 7.84. The Morgan fingerprint density at radius 3 is 2.42 bits per heavy atom. The molecule has 0 radical (unpaired) electrons. The molecule has 0 saturated heterocycles. The van der Waals surface area contributed by atoms with Crippen LogP contribution in [0, 0.1) is 0 Å². The number of aromatic nitrogens is 2. The molecule has 0 amide bonds. The molecule has 4 rings (SSSR count). The molecule has 0 saturated carbocycles. The Labute approximate surface area is 187 Å². The van der Waals surface area contributed by atoms with Crippen LogP contribution in [0.25, 0.3) is 27.9 Å². The highest BCUT2D eigenvalue weighted by molar-refractivity contribution is 9.10. The van der Waals surface area contributed by atoms with E-state index in [4.69, 9.17) is 11.6 Å². The summed E-state index contributed by atoms with van der Waals surface area (Å²) in [6.07, 6.45) is -1.55. The summed E-state index contributed by atoms with van der Waals surface area (Å²) < 4.78 is 42.2. The lowest BCUT2D eigenvalue weighted by Gasteiger charge is -2.17. The lowest BCUT2D eigenvalue weighted by Crippen LogP contribution is -2.18. The highest BCUT2D eigenvalue weighted by atomic mass is 79.9. The van der Waals surface area contributed by atoms with Crippen LogP contribution in [0.4, 0.5) is 13.2 Å². The predicted octanol–water partition coefficient (Wildman–Crippen LogP) is 6.28. The summed E-state index contributed by atoms with van der Waals surface area (Å²) in [6.45, 7) is 0. The van der Waals surface area contributed by atoms with Gasteiger partial charge in [0.05, 0.1) is 16.1 Å². The number of halogens is 5. The summed E-state index contributed by atoms with van der Waals surface area (Å²) in [4.78, 5) is 27.3. The third-order valence-electron chi connectivity index (χ3n) is 4.76. The minimum absolute atomic E-state index is 0.0560. The maximum Gasteiger partial charge on any atom is 0.418 e. The Hall–Kier alpha value is -2.97. The van der Waals surface area contributed by atoms with Gasteiger partial charge in [-0.05, 0) is 29.3 Å². The van der Waals surface area contributed by atoms with Gasteiger partial charge in [0.2, 0.25) is 0 Å². The molecule has 0 unspecified atom stereocenters. The van der Waals surface area contributed by atoms with E-state index >= 15 is 0 Å².